The monoisotopic (exact) mass is 313 g/mol. The van der Waals surface area contributed by atoms with Crippen LogP contribution >= 0.6 is 36.2 Å². The summed E-state index contributed by atoms with van der Waals surface area (Å²) in [7, 11) is 0. The fourth-order valence-electron chi connectivity index (χ4n) is 1.52. The van der Waals surface area contributed by atoms with Gasteiger partial charge in [0.25, 0.3) is 0 Å². The number of morpholine rings is 1. The first-order valence-electron chi connectivity index (χ1n) is 5.25. The minimum absolute atomic E-state index is 0. The minimum Gasteiger partial charge on any atom is -0.378 e. The van der Waals surface area contributed by atoms with E-state index >= 15 is 0 Å². The number of carbonyl (C=O) groups excluding carboxylic acids is 1. The SMILES string of the molecule is Cc1ncsc1CNC(=O)C1COCCN1.Cl.Cl. The number of halogens is 2. The van der Waals surface area contributed by atoms with E-state index in [1.807, 2.05) is 6.92 Å². The summed E-state index contributed by atoms with van der Waals surface area (Å²) in [4.78, 5) is 17.0. The summed E-state index contributed by atoms with van der Waals surface area (Å²) >= 11 is 1.56. The highest BCUT2D eigenvalue weighted by Crippen LogP contribution is 2.11. The summed E-state index contributed by atoms with van der Waals surface area (Å²) in [5.41, 5.74) is 2.77. The third kappa shape index (κ3) is 4.70. The fraction of sp³-hybridized carbons (Fsp3) is 0.600. The van der Waals surface area contributed by atoms with Crippen LogP contribution in [0.4, 0.5) is 0 Å². The van der Waals surface area contributed by atoms with Gasteiger partial charge in [-0.1, -0.05) is 0 Å². The Hall–Kier alpha value is -0.400. The molecule has 1 aromatic heterocycles. The Kier molecular flexibility index (Phi) is 8.47. The molecule has 1 aliphatic rings. The zero-order valence-electron chi connectivity index (χ0n) is 9.97. The molecule has 2 rings (SSSR count). The van der Waals surface area contributed by atoms with E-state index in [0.717, 1.165) is 17.1 Å². The third-order valence-electron chi connectivity index (χ3n) is 2.51. The topological polar surface area (TPSA) is 63.2 Å². The van der Waals surface area contributed by atoms with E-state index in [4.69, 9.17) is 4.74 Å². The number of aryl methyl sites for hydroxylation is 1. The van der Waals surface area contributed by atoms with Crippen LogP contribution in [0, 0.1) is 6.92 Å². The lowest BCUT2D eigenvalue weighted by Crippen LogP contribution is -2.51. The molecule has 1 aliphatic heterocycles. The predicted molar refractivity (Wildman–Crippen MR) is 75.8 cm³/mol. The van der Waals surface area contributed by atoms with Gasteiger partial charge in [0.15, 0.2) is 0 Å². The molecular weight excluding hydrogens is 297 g/mol. The first-order valence-corrected chi connectivity index (χ1v) is 6.13. The van der Waals surface area contributed by atoms with Gasteiger partial charge >= 0.3 is 0 Å². The number of rotatable bonds is 3. The van der Waals surface area contributed by atoms with Gasteiger partial charge in [0.1, 0.15) is 6.04 Å². The summed E-state index contributed by atoms with van der Waals surface area (Å²) in [6.07, 6.45) is 0. The lowest BCUT2D eigenvalue weighted by molar-refractivity contribution is -0.126. The number of aromatic nitrogens is 1. The Balaban J connectivity index is 0.00000144. The van der Waals surface area contributed by atoms with Gasteiger partial charge < -0.3 is 15.4 Å². The molecule has 2 heterocycles. The average molecular weight is 314 g/mol. The maximum atomic E-state index is 11.7. The second-order valence-corrected chi connectivity index (χ2v) is 4.60. The minimum atomic E-state index is -0.220. The van der Waals surface area contributed by atoms with E-state index in [1.54, 1.807) is 16.8 Å². The Morgan fingerprint density at radius 3 is 3.00 bits per heavy atom. The molecule has 5 nitrogen and oxygen atoms in total. The average Bonchev–Trinajstić information content (AvgIpc) is 2.73. The summed E-state index contributed by atoms with van der Waals surface area (Å²) in [6, 6.07) is -0.220. The predicted octanol–water partition coefficient (Wildman–Crippen LogP) is 0.900. The van der Waals surface area contributed by atoms with Crippen LogP contribution in [0.5, 0.6) is 0 Å². The van der Waals surface area contributed by atoms with Crippen molar-refractivity contribution in [3.63, 3.8) is 0 Å². The molecule has 1 aromatic rings. The molecule has 0 bridgehead atoms. The summed E-state index contributed by atoms with van der Waals surface area (Å²) in [5, 5.41) is 6.00. The molecule has 1 saturated heterocycles. The van der Waals surface area contributed by atoms with Crippen LogP contribution in [-0.2, 0) is 16.1 Å². The van der Waals surface area contributed by atoms with Crippen molar-refractivity contribution in [1.82, 2.24) is 15.6 Å². The maximum absolute atomic E-state index is 11.7. The van der Waals surface area contributed by atoms with Crippen molar-refractivity contribution in [1.29, 1.82) is 0 Å². The molecular formula is C10H17Cl2N3O2S. The summed E-state index contributed by atoms with van der Waals surface area (Å²) < 4.78 is 5.23. The number of carbonyl (C=O) groups is 1. The van der Waals surface area contributed by atoms with Crippen molar-refractivity contribution in [2.75, 3.05) is 19.8 Å². The van der Waals surface area contributed by atoms with E-state index < -0.39 is 0 Å². The summed E-state index contributed by atoms with van der Waals surface area (Å²) in [6.45, 7) is 4.36. The second kappa shape index (κ2) is 8.66. The van der Waals surface area contributed by atoms with Crippen LogP contribution in [0.3, 0.4) is 0 Å². The van der Waals surface area contributed by atoms with Crippen molar-refractivity contribution in [3.8, 4) is 0 Å². The van der Waals surface area contributed by atoms with Crippen LogP contribution in [0.25, 0.3) is 0 Å². The molecule has 1 amide bonds. The second-order valence-electron chi connectivity index (χ2n) is 3.66. The van der Waals surface area contributed by atoms with E-state index in [2.05, 4.69) is 15.6 Å². The number of nitrogens with one attached hydrogen (secondary N) is 2. The molecule has 1 atom stereocenters. The van der Waals surface area contributed by atoms with E-state index in [1.165, 1.54) is 0 Å². The number of amides is 1. The first kappa shape index (κ1) is 17.6. The van der Waals surface area contributed by atoms with E-state index in [0.29, 0.717) is 19.8 Å². The van der Waals surface area contributed by atoms with Crippen LogP contribution in [-0.4, -0.2) is 36.7 Å². The van der Waals surface area contributed by atoms with Crippen LogP contribution < -0.4 is 10.6 Å². The zero-order chi connectivity index (χ0) is 11.4. The van der Waals surface area contributed by atoms with Crippen molar-refractivity contribution in [3.05, 3.63) is 16.1 Å². The Morgan fingerprint density at radius 2 is 2.44 bits per heavy atom. The number of hydrogen-bond donors (Lipinski definition) is 2. The van der Waals surface area contributed by atoms with Gasteiger partial charge in [0, 0.05) is 11.4 Å². The van der Waals surface area contributed by atoms with Gasteiger partial charge in [-0.25, -0.2) is 4.98 Å². The van der Waals surface area contributed by atoms with Gasteiger partial charge in [-0.15, -0.1) is 36.2 Å². The van der Waals surface area contributed by atoms with Crippen molar-refractivity contribution in [2.45, 2.75) is 19.5 Å². The normalized spacial score (nSPS) is 18.4. The van der Waals surface area contributed by atoms with Crippen LogP contribution in [0.15, 0.2) is 5.51 Å². The van der Waals surface area contributed by atoms with Gasteiger partial charge in [-0.05, 0) is 6.92 Å². The first-order chi connectivity index (χ1) is 7.77. The van der Waals surface area contributed by atoms with E-state index in [9.17, 15) is 4.79 Å². The molecule has 0 saturated carbocycles. The third-order valence-corrected chi connectivity index (χ3v) is 3.44. The molecule has 8 heteroatoms. The Morgan fingerprint density at radius 1 is 1.67 bits per heavy atom. The molecule has 0 radical (unpaired) electrons. The molecule has 1 unspecified atom stereocenters. The van der Waals surface area contributed by atoms with Crippen LogP contribution in [0.1, 0.15) is 10.6 Å². The molecule has 104 valence electrons. The molecule has 0 aromatic carbocycles. The van der Waals surface area contributed by atoms with Crippen LogP contribution in [0.2, 0.25) is 0 Å². The quantitative estimate of drug-likeness (QED) is 0.870. The highest BCUT2D eigenvalue weighted by Gasteiger charge is 2.20. The highest BCUT2D eigenvalue weighted by molar-refractivity contribution is 7.09. The lowest BCUT2D eigenvalue weighted by Gasteiger charge is -2.22. The number of hydrogen-bond acceptors (Lipinski definition) is 5. The van der Waals surface area contributed by atoms with Gasteiger partial charge in [0.05, 0.1) is 31.0 Å². The van der Waals surface area contributed by atoms with Gasteiger partial charge in [-0.2, -0.15) is 0 Å². The van der Waals surface area contributed by atoms with E-state index in [-0.39, 0.29) is 36.8 Å². The molecule has 0 spiro atoms. The van der Waals surface area contributed by atoms with Crippen molar-refractivity contribution < 1.29 is 9.53 Å². The molecule has 2 N–H and O–H groups in total. The zero-order valence-corrected chi connectivity index (χ0v) is 12.4. The highest BCUT2D eigenvalue weighted by atomic mass is 35.5. The Bertz CT molecular complexity index is 370. The van der Waals surface area contributed by atoms with Gasteiger partial charge in [0.2, 0.25) is 5.91 Å². The fourth-order valence-corrected chi connectivity index (χ4v) is 2.24. The Labute approximate surface area is 123 Å². The largest absolute Gasteiger partial charge is 0.378 e. The molecule has 0 aliphatic carbocycles. The lowest BCUT2D eigenvalue weighted by atomic mass is 10.2. The van der Waals surface area contributed by atoms with Gasteiger partial charge in [-0.3, -0.25) is 4.79 Å². The standard InChI is InChI=1S/C10H15N3O2S.2ClH/c1-7-9(16-6-13-7)4-12-10(14)8-5-15-3-2-11-8;;/h6,8,11H,2-5H2,1H3,(H,12,14);2*1H. The number of nitrogens with zero attached hydrogens (tertiary/aromatic N) is 1. The molecule has 1 fully saturated rings. The maximum Gasteiger partial charge on any atom is 0.239 e. The smallest absolute Gasteiger partial charge is 0.239 e. The number of thiazole rings is 1. The number of ether oxygens (including phenoxy) is 1. The van der Waals surface area contributed by atoms with Crippen molar-refractivity contribution >= 4 is 42.1 Å². The van der Waals surface area contributed by atoms with Crippen molar-refractivity contribution in [2.24, 2.45) is 0 Å². The summed E-state index contributed by atoms with van der Waals surface area (Å²) in [5.74, 6) is -0.00694. The molecule has 18 heavy (non-hydrogen) atoms.